The molecule has 31 heavy (non-hydrogen) atoms. The lowest BCUT2D eigenvalue weighted by Crippen LogP contribution is -2.39. The van der Waals surface area contributed by atoms with Crippen LogP contribution in [0.4, 0.5) is 13.2 Å². The molecule has 0 spiro atoms. The third-order valence-corrected chi connectivity index (χ3v) is 5.70. The molecule has 4 aromatic rings. The number of fused-ring (bicyclic) bond motifs is 2. The van der Waals surface area contributed by atoms with Gasteiger partial charge in [0.25, 0.3) is 11.7 Å². The summed E-state index contributed by atoms with van der Waals surface area (Å²) in [4.78, 5) is 26.1. The summed E-state index contributed by atoms with van der Waals surface area (Å²) in [5.74, 6) is -0.579. The van der Waals surface area contributed by atoms with Gasteiger partial charge in [-0.3, -0.25) is 4.79 Å². The van der Waals surface area contributed by atoms with Crippen LogP contribution in [0.25, 0.3) is 16.7 Å². The number of nitrogens with zero attached hydrogens (tertiary/aromatic N) is 5. The van der Waals surface area contributed by atoms with Crippen molar-refractivity contribution in [2.45, 2.75) is 31.9 Å². The number of piperidine rings is 1. The van der Waals surface area contributed by atoms with E-state index in [2.05, 4.69) is 20.1 Å². The van der Waals surface area contributed by atoms with Gasteiger partial charge in [0.2, 0.25) is 0 Å². The molecular formula is C21H19F3N6O. The monoisotopic (exact) mass is 428 g/mol. The van der Waals surface area contributed by atoms with Crippen molar-refractivity contribution in [3.63, 3.8) is 0 Å². The van der Waals surface area contributed by atoms with Crippen LogP contribution >= 0.6 is 0 Å². The number of aromatic amines is 1. The molecule has 4 heterocycles. The summed E-state index contributed by atoms with van der Waals surface area (Å²) in [6.45, 7) is 2.82. The minimum atomic E-state index is -4.59. The SMILES string of the molecule is Cc1ccc2cc(C(=O)N3CCC[C@H](c4cc(C(F)(F)F)n5ncnc5n4)C3)[nH]c2c1. The maximum absolute atomic E-state index is 13.5. The minimum absolute atomic E-state index is 0.0979. The Kier molecular flexibility index (Phi) is 4.45. The summed E-state index contributed by atoms with van der Waals surface area (Å²) in [7, 11) is 0. The Morgan fingerprint density at radius 2 is 2.06 bits per heavy atom. The summed E-state index contributed by atoms with van der Waals surface area (Å²) >= 11 is 0. The predicted molar refractivity (Wildman–Crippen MR) is 107 cm³/mol. The zero-order valence-corrected chi connectivity index (χ0v) is 16.6. The second kappa shape index (κ2) is 7.07. The zero-order valence-electron chi connectivity index (χ0n) is 16.6. The maximum atomic E-state index is 13.5. The lowest BCUT2D eigenvalue weighted by atomic mass is 9.94. The number of carbonyl (C=O) groups is 1. The molecule has 3 aromatic heterocycles. The van der Waals surface area contributed by atoms with E-state index in [0.717, 1.165) is 28.9 Å². The standard InChI is InChI=1S/C21H19F3N6O/c1-12-4-5-13-8-17(27-15(13)7-12)19(31)29-6-2-3-14(10-29)16-9-18(21(22,23)24)30-20(28-16)25-11-26-30/h4-5,7-9,11,14,27H,2-3,6,10H2,1H3/t14-/m0/s1. The van der Waals surface area contributed by atoms with Crippen molar-refractivity contribution >= 4 is 22.6 Å². The van der Waals surface area contributed by atoms with Gasteiger partial charge in [-0.25, -0.2) is 4.98 Å². The van der Waals surface area contributed by atoms with Gasteiger partial charge in [0.15, 0.2) is 5.69 Å². The quantitative estimate of drug-likeness (QED) is 0.524. The fourth-order valence-corrected chi connectivity index (χ4v) is 4.17. The fraction of sp³-hybridized carbons (Fsp3) is 0.333. The van der Waals surface area contributed by atoms with E-state index in [4.69, 9.17) is 0 Å². The van der Waals surface area contributed by atoms with Crippen molar-refractivity contribution in [3.05, 3.63) is 59.3 Å². The number of hydrogen-bond donors (Lipinski definition) is 1. The van der Waals surface area contributed by atoms with Crippen molar-refractivity contribution in [2.24, 2.45) is 0 Å². The molecular weight excluding hydrogens is 409 g/mol. The molecule has 1 amide bonds. The highest BCUT2D eigenvalue weighted by atomic mass is 19.4. The molecule has 1 aliphatic heterocycles. The minimum Gasteiger partial charge on any atom is -0.351 e. The van der Waals surface area contributed by atoms with E-state index in [1.165, 1.54) is 0 Å². The Bertz CT molecular complexity index is 1290. The van der Waals surface area contributed by atoms with E-state index in [1.807, 2.05) is 31.2 Å². The van der Waals surface area contributed by atoms with Crippen LogP contribution in [0.5, 0.6) is 0 Å². The number of carbonyl (C=O) groups excluding carboxylic acids is 1. The molecule has 0 bridgehead atoms. The normalized spacial score (nSPS) is 17.5. The molecule has 0 radical (unpaired) electrons. The highest BCUT2D eigenvalue weighted by Gasteiger charge is 2.36. The van der Waals surface area contributed by atoms with Gasteiger partial charge in [0.1, 0.15) is 12.0 Å². The van der Waals surface area contributed by atoms with E-state index in [1.54, 1.807) is 4.90 Å². The number of amides is 1. The maximum Gasteiger partial charge on any atom is 0.433 e. The molecule has 7 nitrogen and oxygen atoms in total. The van der Waals surface area contributed by atoms with E-state index < -0.39 is 11.9 Å². The number of benzene rings is 1. The number of nitrogens with one attached hydrogen (secondary N) is 1. The lowest BCUT2D eigenvalue weighted by Gasteiger charge is -2.32. The van der Waals surface area contributed by atoms with Gasteiger partial charge in [-0.1, -0.05) is 12.1 Å². The van der Waals surface area contributed by atoms with Crippen LogP contribution in [0, 0.1) is 6.92 Å². The summed E-state index contributed by atoms with van der Waals surface area (Å²) in [6.07, 6.45) is -2.22. The summed E-state index contributed by atoms with van der Waals surface area (Å²) in [6, 6.07) is 8.73. The number of rotatable bonds is 2. The zero-order chi connectivity index (χ0) is 21.8. The second-order valence-corrected chi connectivity index (χ2v) is 7.90. The smallest absolute Gasteiger partial charge is 0.351 e. The Morgan fingerprint density at radius 1 is 1.23 bits per heavy atom. The van der Waals surface area contributed by atoms with Crippen molar-refractivity contribution < 1.29 is 18.0 Å². The van der Waals surface area contributed by atoms with Gasteiger partial charge in [-0.2, -0.15) is 27.8 Å². The summed E-state index contributed by atoms with van der Waals surface area (Å²) in [5, 5.41) is 4.58. The van der Waals surface area contributed by atoms with E-state index in [-0.39, 0.29) is 23.3 Å². The van der Waals surface area contributed by atoms with Gasteiger partial charge < -0.3 is 9.88 Å². The van der Waals surface area contributed by atoms with Crippen LogP contribution in [0.15, 0.2) is 36.7 Å². The number of likely N-dealkylation sites (tertiary alicyclic amines) is 1. The van der Waals surface area contributed by atoms with E-state index in [9.17, 15) is 18.0 Å². The van der Waals surface area contributed by atoms with Gasteiger partial charge in [-0.15, -0.1) is 0 Å². The molecule has 1 saturated heterocycles. The number of alkyl halides is 3. The molecule has 0 saturated carbocycles. The van der Waals surface area contributed by atoms with Crippen LogP contribution in [0.3, 0.4) is 0 Å². The van der Waals surface area contributed by atoms with Gasteiger partial charge in [-0.05, 0) is 43.5 Å². The molecule has 0 aliphatic carbocycles. The average molecular weight is 428 g/mol. The Morgan fingerprint density at radius 3 is 2.87 bits per heavy atom. The third-order valence-electron chi connectivity index (χ3n) is 5.70. The molecule has 1 fully saturated rings. The fourth-order valence-electron chi connectivity index (χ4n) is 4.17. The number of aryl methyl sites for hydroxylation is 1. The van der Waals surface area contributed by atoms with E-state index >= 15 is 0 Å². The third kappa shape index (κ3) is 3.51. The molecule has 0 unspecified atom stereocenters. The highest BCUT2D eigenvalue weighted by Crippen LogP contribution is 2.33. The molecule has 1 aromatic carbocycles. The van der Waals surface area contributed by atoms with Gasteiger partial charge >= 0.3 is 6.18 Å². The lowest BCUT2D eigenvalue weighted by molar-refractivity contribution is -0.142. The first-order valence-electron chi connectivity index (χ1n) is 9.96. The first-order chi connectivity index (χ1) is 14.8. The summed E-state index contributed by atoms with van der Waals surface area (Å²) in [5.41, 5.74) is 1.79. The highest BCUT2D eigenvalue weighted by molar-refractivity contribution is 5.98. The van der Waals surface area contributed by atoms with Crippen LogP contribution < -0.4 is 0 Å². The second-order valence-electron chi connectivity index (χ2n) is 7.90. The Labute approximate surface area is 174 Å². The number of halogens is 3. The molecule has 5 rings (SSSR count). The molecule has 1 aliphatic rings. The molecule has 10 heteroatoms. The number of H-pyrrole nitrogens is 1. The first kappa shape index (κ1) is 19.5. The Hall–Kier alpha value is -3.43. The van der Waals surface area contributed by atoms with Crippen LogP contribution in [0.2, 0.25) is 0 Å². The van der Waals surface area contributed by atoms with Crippen molar-refractivity contribution in [1.82, 2.24) is 29.5 Å². The van der Waals surface area contributed by atoms with Crippen molar-refractivity contribution in [3.8, 4) is 0 Å². The number of hydrogen-bond acceptors (Lipinski definition) is 4. The molecule has 1 N–H and O–H groups in total. The first-order valence-corrected chi connectivity index (χ1v) is 9.96. The van der Waals surface area contributed by atoms with E-state index in [0.29, 0.717) is 36.1 Å². The Balaban J connectivity index is 1.44. The largest absolute Gasteiger partial charge is 0.433 e. The van der Waals surface area contributed by atoms with Gasteiger partial charge in [0.05, 0.1) is 5.69 Å². The van der Waals surface area contributed by atoms with Crippen molar-refractivity contribution in [2.75, 3.05) is 13.1 Å². The van der Waals surface area contributed by atoms with Crippen LogP contribution in [-0.4, -0.2) is 48.5 Å². The number of aromatic nitrogens is 5. The van der Waals surface area contributed by atoms with Crippen LogP contribution in [0.1, 0.15) is 46.2 Å². The molecule has 1 atom stereocenters. The van der Waals surface area contributed by atoms with Crippen molar-refractivity contribution in [1.29, 1.82) is 0 Å². The summed E-state index contributed by atoms with van der Waals surface area (Å²) < 4.78 is 41.2. The average Bonchev–Trinajstić information content (AvgIpc) is 3.38. The molecule has 160 valence electrons. The van der Waals surface area contributed by atoms with Gasteiger partial charge in [0, 0.05) is 29.9 Å². The predicted octanol–water partition coefficient (Wildman–Crippen LogP) is 3.95. The topological polar surface area (TPSA) is 79.2 Å². The van der Waals surface area contributed by atoms with Crippen LogP contribution in [-0.2, 0) is 6.18 Å².